The molecule has 0 amide bonds. The molecule has 2 rings (SSSR count). The number of aromatic nitrogens is 2. The van der Waals surface area contributed by atoms with Gasteiger partial charge >= 0.3 is 0 Å². The molecule has 0 atom stereocenters. The Morgan fingerprint density at radius 2 is 2.38 bits per heavy atom. The maximum atomic E-state index is 13.2. The van der Waals surface area contributed by atoms with Crippen molar-refractivity contribution in [2.24, 2.45) is 0 Å². The Balaban J connectivity index is 2.70. The molecule has 1 aromatic carbocycles. The first-order chi connectivity index (χ1) is 6.33. The van der Waals surface area contributed by atoms with Crippen LogP contribution in [0.2, 0.25) is 0 Å². The molecule has 0 fully saturated rings. The van der Waals surface area contributed by atoms with Crippen LogP contribution in [0.5, 0.6) is 0 Å². The number of hydrogen-bond acceptors (Lipinski definition) is 2. The first kappa shape index (κ1) is 7.91. The van der Waals surface area contributed by atoms with Crippen molar-refractivity contribution in [3.8, 4) is 0 Å². The van der Waals surface area contributed by atoms with Gasteiger partial charge in [0, 0.05) is 0 Å². The van der Waals surface area contributed by atoms with Crippen LogP contribution in [-0.4, -0.2) is 15.8 Å². The number of nitrogens with zero attached hydrogens (tertiary/aromatic N) is 2. The molecule has 0 aliphatic heterocycles. The summed E-state index contributed by atoms with van der Waals surface area (Å²) in [5, 5.41) is 0. The second-order valence-electron chi connectivity index (χ2n) is 2.67. The van der Waals surface area contributed by atoms with E-state index in [0.717, 1.165) is 0 Å². The Labute approximate surface area is 73.8 Å². The maximum absolute atomic E-state index is 13.2. The first-order valence-electron chi connectivity index (χ1n) is 3.86. The van der Waals surface area contributed by atoms with Crippen LogP contribution < -0.4 is 0 Å². The second kappa shape index (κ2) is 2.97. The van der Waals surface area contributed by atoms with Crippen molar-refractivity contribution in [2.45, 2.75) is 6.54 Å². The summed E-state index contributed by atoms with van der Waals surface area (Å²) in [6, 6.07) is 4.65. The average Bonchev–Trinajstić information content (AvgIpc) is 2.51. The van der Waals surface area contributed by atoms with Gasteiger partial charge in [0.15, 0.2) is 0 Å². The first-order valence-corrected chi connectivity index (χ1v) is 3.86. The Bertz CT molecular complexity index is 450. The van der Waals surface area contributed by atoms with Crippen LogP contribution in [0.3, 0.4) is 0 Å². The fourth-order valence-corrected chi connectivity index (χ4v) is 1.30. The zero-order valence-electron chi connectivity index (χ0n) is 6.77. The predicted octanol–water partition coefficient (Wildman–Crippen LogP) is 1.37. The van der Waals surface area contributed by atoms with Gasteiger partial charge in [0.25, 0.3) is 0 Å². The van der Waals surface area contributed by atoms with Crippen molar-refractivity contribution in [1.82, 2.24) is 9.55 Å². The van der Waals surface area contributed by atoms with E-state index in [1.54, 1.807) is 12.1 Å². The SMILES string of the molecule is O=CCn1cnc2cccc(F)c21. The third-order valence-corrected chi connectivity index (χ3v) is 1.86. The van der Waals surface area contributed by atoms with Gasteiger partial charge in [0.05, 0.1) is 18.4 Å². The van der Waals surface area contributed by atoms with Crippen LogP contribution in [0.25, 0.3) is 11.0 Å². The number of carbonyl (C=O) groups is 1. The Hall–Kier alpha value is -1.71. The summed E-state index contributed by atoms with van der Waals surface area (Å²) in [5.41, 5.74) is 0.955. The van der Waals surface area contributed by atoms with Crippen molar-refractivity contribution in [3.05, 3.63) is 30.3 Å². The molecule has 0 unspecified atom stereocenters. The Morgan fingerprint density at radius 1 is 1.54 bits per heavy atom. The molecule has 13 heavy (non-hydrogen) atoms. The van der Waals surface area contributed by atoms with Crippen LogP contribution in [0, 0.1) is 5.82 Å². The van der Waals surface area contributed by atoms with Crippen molar-refractivity contribution >= 4 is 17.3 Å². The van der Waals surface area contributed by atoms with E-state index in [4.69, 9.17) is 0 Å². The highest BCUT2D eigenvalue weighted by Crippen LogP contribution is 2.15. The molecule has 2 aromatic rings. The number of carbonyl (C=O) groups excluding carboxylic acids is 1. The monoisotopic (exact) mass is 178 g/mol. The van der Waals surface area contributed by atoms with Crippen LogP contribution in [-0.2, 0) is 11.3 Å². The van der Waals surface area contributed by atoms with Gasteiger partial charge in [-0.3, -0.25) is 0 Å². The molecule has 0 N–H and O–H groups in total. The Kier molecular flexibility index (Phi) is 1.81. The molecule has 66 valence electrons. The normalized spacial score (nSPS) is 10.5. The summed E-state index contributed by atoms with van der Waals surface area (Å²) < 4.78 is 14.7. The topological polar surface area (TPSA) is 34.9 Å². The van der Waals surface area contributed by atoms with Crippen LogP contribution in [0.15, 0.2) is 24.5 Å². The van der Waals surface area contributed by atoms with Gasteiger partial charge in [-0.1, -0.05) is 6.07 Å². The lowest BCUT2D eigenvalue weighted by atomic mass is 10.3. The minimum absolute atomic E-state index is 0.136. The van der Waals surface area contributed by atoms with Crippen molar-refractivity contribution in [1.29, 1.82) is 0 Å². The molecule has 0 aliphatic carbocycles. The highest BCUT2D eigenvalue weighted by atomic mass is 19.1. The second-order valence-corrected chi connectivity index (χ2v) is 2.67. The lowest BCUT2D eigenvalue weighted by molar-refractivity contribution is -0.108. The van der Waals surface area contributed by atoms with E-state index in [2.05, 4.69) is 4.98 Å². The average molecular weight is 178 g/mol. The standard InChI is InChI=1S/C9H7FN2O/c10-7-2-1-3-8-9(7)12(4-5-13)6-11-8/h1-3,5-6H,4H2. The molecule has 0 radical (unpaired) electrons. The van der Waals surface area contributed by atoms with E-state index in [-0.39, 0.29) is 12.4 Å². The zero-order valence-corrected chi connectivity index (χ0v) is 6.77. The van der Waals surface area contributed by atoms with Gasteiger partial charge < -0.3 is 9.36 Å². The molecule has 3 nitrogen and oxygen atoms in total. The summed E-state index contributed by atoms with van der Waals surface area (Å²) in [5.74, 6) is -0.350. The third kappa shape index (κ3) is 1.20. The third-order valence-electron chi connectivity index (χ3n) is 1.86. The molecule has 0 bridgehead atoms. The van der Waals surface area contributed by atoms with Crippen LogP contribution >= 0.6 is 0 Å². The number of hydrogen-bond donors (Lipinski definition) is 0. The van der Waals surface area contributed by atoms with Gasteiger partial charge in [-0.25, -0.2) is 9.37 Å². The summed E-state index contributed by atoms with van der Waals surface area (Å²) in [6.45, 7) is 0.136. The molecule has 0 aliphatic rings. The van der Waals surface area contributed by atoms with E-state index in [1.807, 2.05) is 0 Å². The van der Waals surface area contributed by atoms with Crippen LogP contribution in [0.1, 0.15) is 0 Å². The fourth-order valence-electron chi connectivity index (χ4n) is 1.30. The summed E-state index contributed by atoms with van der Waals surface area (Å²) in [7, 11) is 0. The lowest BCUT2D eigenvalue weighted by Gasteiger charge is -1.97. The van der Waals surface area contributed by atoms with E-state index < -0.39 is 0 Å². The van der Waals surface area contributed by atoms with E-state index in [0.29, 0.717) is 17.3 Å². The predicted molar refractivity (Wildman–Crippen MR) is 45.8 cm³/mol. The van der Waals surface area contributed by atoms with Crippen molar-refractivity contribution < 1.29 is 9.18 Å². The molecule has 1 aromatic heterocycles. The van der Waals surface area contributed by atoms with Gasteiger partial charge in [0.1, 0.15) is 17.6 Å². The molecule has 1 heterocycles. The Morgan fingerprint density at radius 3 is 3.15 bits per heavy atom. The number of benzene rings is 1. The fraction of sp³-hybridized carbons (Fsp3) is 0.111. The van der Waals surface area contributed by atoms with E-state index in [9.17, 15) is 9.18 Å². The number of aldehydes is 1. The highest BCUT2D eigenvalue weighted by molar-refractivity contribution is 5.76. The lowest BCUT2D eigenvalue weighted by Crippen LogP contribution is -1.97. The summed E-state index contributed by atoms with van der Waals surface area (Å²) >= 11 is 0. The minimum atomic E-state index is -0.350. The number of para-hydroxylation sites is 1. The van der Waals surface area contributed by atoms with Gasteiger partial charge in [-0.05, 0) is 12.1 Å². The number of halogens is 1. The largest absolute Gasteiger partial charge is 0.321 e. The summed E-state index contributed by atoms with van der Waals surface area (Å²) in [6.07, 6.45) is 2.18. The number of fused-ring (bicyclic) bond motifs is 1. The minimum Gasteiger partial charge on any atom is -0.321 e. The van der Waals surface area contributed by atoms with E-state index in [1.165, 1.54) is 17.0 Å². The molecule has 0 saturated heterocycles. The van der Waals surface area contributed by atoms with Crippen LogP contribution in [0.4, 0.5) is 4.39 Å². The quantitative estimate of drug-likeness (QED) is 0.651. The van der Waals surface area contributed by atoms with E-state index >= 15 is 0 Å². The summed E-state index contributed by atoms with van der Waals surface area (Å²) in [4.78, 5) is 14.2. The molecule has 0 saturated carbocycles. The zero-order chi connectivity index (χ0) is 9.26. The molecule has 0 spiro atoms. The van der Waals surface area contributed by atoms with Gasteiger partial charge in [0.2, 0.25) is 0 Å². The van der Waals surface area contributed by atoms with Crippen molar-refractivity contribution in [2.75, 3.05) is 0 Å². The highest BCUT2D eigenvalue weighted by Gasteiger charge is 2.05. The molecular weight excluding hydrogens is 171 g/mol. The number of rotatable bonds is 2. The van der Waals surface area contributed by atoms with Gasteiger partial charge in [-0.2, -0.15) is 0 Å². The molecular formula is C9H7FN2O. The smallest absolute Gasteiger partial charge is 0.149 e. The van der Waals surface area contributed by atoms with Crippen molar-refractivity contribution in [3.63, 3.8) is 0 Å². The van der Waals surface area contributed by atoms with Gasteiger partial charge in [-0.15, -0.1) is 0 Å². The molecule has 4 heteroatoms. The number of imidazole rings is 1. The maximum Gasteiger partial charge on any atom is 0.149 e.